The predicted octanol–water partition coefficient (Wildman–Crippen LogP) is 3.86. The monoisotopic (exact) mass is 285 g/mol. The summed E-state index contributed by atoms with van der Waals surface area (Å²) in [6.45, 7) is 3.81. The number of benzene rings is 1. The highest BCUT2D eigenvalue weighted by Crippen LogP contribution is 2.39. The van der Waals surface area contributed by atoms with Crippen LogP contribution in [0.15, 0.2) is 30.6 Å². The van der Waals surface area contributed by atoms with E-state index < -0.39 is 11.7 Å². The third-order valence-electron chi connectivity index (χ3n) is 2.64. The Morgan fingerprint density at radius 2 is 2.00 bits per heavy atom. The maximum Gasteiger partial charge on any atom is 0.420 e. The Morgan fingerprint density at radius 1 is 1.30 bits per heavy atom. The third-order valence-corrected chi connectivity index (χ3v) is 2.64. The minimum atomic E-state index is -4.53. The van der Waals surface area contributed by atoms with Crippen LogP contribution < -0.4 is 10.5 Å². The van der Waals surface area contributed by atoms with Gasteiger partial charge in [0.25, 0.3) is 0 Å². The van der Waals surface area contributed by atoms with Crippen LogP contribution in [-0.2, 0) is 6.18 Å². The normalized spacial score (nSPS) is 11.9. The van der Waals surface area contributed by atoms with Crippen molar-refractivity contribution < 1.29 is 17.9 Å². The fraction of sp³-hybridized carbons (Fsp3) is 0.308. The van der Waals surface area contributed by atoms with E-state index >= 15 is 0 Å². The number of aromatic nitrogens is 2. The van der Waals surface area contributed by atoms with Gasteiger partial charge in [0.05, 0.1) is 12.4 Å². The first-order valence-corrected chi connectivity index (χ1v) is 5.96. The summed E-state index contributed by atoms with van der Waals surface area (Å²) in [5.41, 5.74) is 4.51. The molecule has 0 fully saturated rings. The standard InChI is InChI=1S/C13H14F3N3O/c1-8(2)19-7-10(6-18-19)20-12-4-3-9(17)5-11(12)13(14,15)16/h3-8H,17H2,1-2H3. The topological polar surface area (TPSA) is 53.1 Å². The van der Waals surface area contributed by atoms with E-state index in [-0.39, 0.29) is 23.2 Å². The van der Waals surface area contributed by atoms with E-state index in [0.29, 0.717) is 0 Å². The van der Waals surface area contributed by atoms with Crippen LogP contribution in [0.1, 0.15) is 25.5 Å². The van der Waals surface area contributed by atoms with Crippen molar-refractivity contribution >= 4 is 5.69 Å². The van der Waals surface area contributed by atoms with E-state index in [4.69, 9.17) is 10.5 Å². The van der Waals surface area contributed by atoms with Crippen LogP contribution in [-0.4, -0.2) is 9.78 Å². The van der Waals surface area contributed by atoms with Gasteiger partial charge in [-0.1, -0.05) is 0 Å². The van der Waals surface area contributed by atoms with Crippen LogP contribution in [0, 0.1) is 0 Å². The van der Waals surface area contributed by atoms with E-state index in [1.807, 2.05) is 13.8 Å². The molecule has 20 heavy (non-hydrogen) atoms. The van der Waals surface area contributed by atoms with Gasteiger partial charge in [0, 0.05) is 11.7 Å². The first kappa shape index (κ1) is 14.2. The number of nitrogens with zero attached hydrogens (tertiary/aromatic N) is 2. The average Bonchev–Trinajstić information content (AvgIpc) is 2.79. The van der Waals surface area contributed by atoms with Gasteiger partial charge in [-0.15, -0.1) is 0 Å². The van der Waals surface area contributed by atoms with Gasteiger partial charge in [-0.2, -0.15) is 18.3 Å². The number of ether oxygens (including phenoxy) is 1. The second kappa shape index (κ2) is 5.07. The number of nitrogen functional groups attached to an aromatic ring is 1. The smallest absolute Gasteiger partial charge is 0.420 e. The first-order valence-electron chi connectivity index (χ1n) is 5.96. The zero-order valence-corrected chi connectivity index (χ0v) is 11.0. The zero-order chi connectivity index (χ0) is 14.9. The Morgan fingerprint density at radius 3 is 2.55 bits per heavy atom. The quantitative estimate of drug-likeness (QED) is 0.871. The highest BCUT2D eigenvalue weighted by atomic mass is 19.4. The van der Waals surface area contributed by atoms with Crippen molar-refractivity contribution in [2.24, 2.45) is 0 Å². The number of nitrogens with two attached hydrogens (primary N) is 1. The maximum absolute atomic E-state index is 12.9. The van der Waals surface area contributed by atoms with Crippen LogP contribution >= 0.6 is 0 Å². The molecule has 2 aromatic rings. The lowest BCUT2D eigenvalue weighted by molar-refractivity contribution is -0.138. The molecule has 0 amide bonds. The Kier molecular flexibility index (Phi) is 3.61. The summed E-state index contributed by atoms with van der Waals surface area (Å²) >= 11 is 0. The minimum absolute atomic E-state index is 0.0301. The summed E-state index contributed by atoms with van der Waals surface area (Å²) in [6, 6.07) is 3.51. The third kappa shape index (κ3) is 3.04. The molecule has 2 N–H and O–H groups in total. The molecule has 0 bridgehead atoms. The average molecular weight is 285 g/mol. The van der Waals surface area contributed by atoms with E-state index in [9.17, 15) is 13.2 Å². The van der Waals surface area contributed by atoms with E-state index in [1.165, 1.54) is 18.3 Å². The van der Waals surface area contributed by atoms with Crippen LogP contribution in [0.4, 0.5) is 18.9 Å². The van der Waals surface area contributed by atoms with Crippen molar-refractivity contribution in [3.05, 3.63) is 36.2 Å². The Labute approximate surface area is 114 Å². The van der Waals surface area contributed by atoms with Gasteiger partial charge in [-0.3, -0.25) is 4.68 Å². The Bertz CT molecular complexity index is 605. The largest absolute Gasteiger partial charge is 0.453 e. The molecular weight excluding hydrogens is 271 g/mol. The summed E-state index contributed by atoms with van der Waals surface area (Å²) in [5, 5.41) is 4.01. The number of halogens is 3. The van der Waals surface area contributed by atoms with Gasteiger partial charge in [0.1, 0.15) is 11.3 Å². The Hall–Kier alpha value is -2.18. The molecule has 1 aromatic heterocycles. The van der Waals surface area contributed by atoms with Crippen LogP contribution in [0.5, 0.6) is 11.5 Å². The summed E-state index contributed by atoms with van der Waals surface area (Å²) in [5.74, 6) is -0.0519. The lowest BCUT2D eigenvalue weighted by atomic mass is 10.1. The van der Waals surface area contributed by atoms with E-state index in [1.54, 1.807) is 10.9 Å². The van der Waals surface area contributed by atoms with Crippen molar-refractivity contribution in [1.29, 1.82) is 0 Å². The molecule has 0 radical (unpaired) electrons. The molecule has 0 atom stereocenters. The van der Waals surface area contributed by atoms with Gasteiger partial charge in [0.2, 0.25) is 0 Å². The number of hydrogen-bond acceptors (Lipinski definition) is 3. The van der Waals surface area contributed by atoms with Crippen molar-refractivity contribution in [3.8, 4) is 11.5 Å². The van der Waals surface area contributed by atoms with Gasteiger partial charge in [-0.25, -0.2) is 0 Å². The molecule has 0 saturated carbocycles. The molecule has 0 unspecified atom stereocenters. The van der Waals surface area contributed by atoms with Crippen molar-refractivity contribution in [2.45, 2.75) is 26.1 Å². The summed E-state index contributed by atoms with van der Waals surface area (Å²) < 4.78 is 45.6. The van der Waals surface area contributed by atoms with Gasteiger partial charge >= 0.3 is 6.18 Å². The fourth-order valence-electron chi connectivity index (χ4n) is 1.64. The summed E-state index contributed by atoms with van der Waals surface area (Å²) in [7, 11) is 0. The van der Waals surface area contributed by atoms with Crippen molar-refractivity contribution in [2.75, 3.05) is 5.73 Å². The molecule has 4 nitrogen and oxygen atoms in total. The maximum atomic E-state index is 12.9. The number of hydrogen-bond donors (Lipinski definition) is 1. The molecule has 7 heteroatoms. The minimum Gasteiger partial charge on any atom is -0.453 e. The molecule has 0 aliphatic carbocycles. The molecule has 0 spiro atoms. The SMILES string of the molecule is CC(C)n1cc(Oc2ccc(N)cc2C(F)(F)F)cn1. The molecular formula is C13H14F3N3O. The fourth-order valence-corrected chi connectivity index (χ4v) is 1.64. The van der Waals surface area contributed by atoms with Gasteiger partial charge in [0.15, 0.2) is 5.75 Å². The van der Waals surface area contributed by atoms with Gasteiger partial charge in [-0.05, 0) is 32.0 Å². The van der Waals surface area contributed by atoms with Gasteiger partial charge < -0.3 is 10.5 Å². The van der Waals surface area contributed by atoms with E-state index in [0.717, 1.165) is 6.07 Å². The highest BCUT2D eigenvalue weighted by molar-refractivity contribution is 5.50. The van der Waals surface area contributed by atoms with Crippen LogP contribution in [0.2, 0.25) is 0 Å². The first-order chi connectivity index (χ1) is 9.27. The van der Waals surface area contributed by atoms with Crippen LogP contribution in [0.25, 0.3) is 0 Å². The van der Waals surface area contributed by atoms with Crippen LogP contribution in [0.3, 0.4) is 0 Å². The van der Waals surface area contributed by atoms with E-state index in [2.05, 4.69) is 5.10 Å². The number of rotatable bonds is 3. The lowest BCUT2D eigenvalue weighted by Crippen LogP contribution is -2.08. The second-order valence-electron chi connectivity index (χ2n) is 4.61. The molecule has 108 valence electrons. The molecule has 2 rings (SSSR count). The summed E-state index contributed by atoms with van der Waals surface area (Å²) in [4.78, 5) is 0. The molecule has 0 aliphatic heterocycles. The molecule has 1 heterocycles. The van der Waals surface area contributed by atoms with Crippen molar-refractivity contribution in [1.82, 2.24) is 9.78 Å². The second-order valence-corrected chi connectivity index (χ2v) is 4.61. The molecule has 1 aromatic carbocycles. The summed E-state index contributed by atoms with van der Waals surface area (Å²) in [6.07, 6.45) is -1.61. The lowest BCUT2D eigenvalue weighted by Gasteiger charge is -2.13. The number of alkyl halides is 3. The van der Waals surface area contributed by atoms with Crippen molar-refractivity contribution in [3.63, 3.8) is 0 Å². The Balaban J connectivity index is 2.33. The zero-order valence-electron chi connectivity index (χ0n) is 11.0. The number of anilines is 1. The highest BCUT2D eigenvalue weighted by Gasteiger charge is 2.34. The molecule has 0 aliphatic rings. The predicted molar refractivity (Wildman–Crippen MR) is 68.5 cm³/mol. The molecule has 0 saturated heterocycles.